The first-order valence-corrected chi connectivity index (χ1v) is 7.79. The summed E-state index contributed by atoms with van der Waals surface area (Å²) in [6.07, 6.45) is 2.45. The maximum Gasteiger partial charge on any atom is 0.272 e. The van der Waals surface area contributed by atoms with Crippen LogP contribution >= 0.6 is 11.6 Å². The van der Waals surface area contributed by atoms with Gasteiger partial charge < -0.3 is 15.2 Å². The molecule has 0 aliphatic rings. The zero-order valence-corrected chi connectivity index (χ0v) is 13.7. The van der Waals surface area contributed by atoms with Crippen LogP contribution in [0.5, 0.6) is 0 Å². The smallest absolute Gasteiger partial charge is 0.272 e. The lowest BCUT2D eigenvalue weighted by Crippen LogP contribution is -2.26. The predicted molar refractivity (Wildman–Crippen MR) is 88.2 cm³/mol. The van der Waals surface area contributed by atoms with Crippen molar-refractivity contribution in [1.29, 1.82) is 0 Å². The molecule has 0 bridgehead atoms. The van der Waals surface area contributed by atoms with Crippen LogP contribution in [0.1, 0.15) is 22.5 Å². The number of para-hydroxylation sites is 1. The van der Waals surface area contributed by atoms with Crippen LogP contribution in [0, 0.1) is 6.92 Å². The van der Waals surface area contributed by atoms with Crippen LogP contribution in [0.3, 0.4) is 0 Å². The number of aliphatic hydroxyl groups excluding tert-OH is 1. The predicted octanol–water partition coefficient (Wildman–Crippen LogP) is 1.96. The molecule has 0 unspecified atom stereocenters. The van der Waals surface area contributed by atoms with Gasteiger partial charge in [-0.3, -0.25) is 4.79 Å². The zero-order chi connectivity index (χ0) is 16.7. The number of amides is 1. The molecule has 2 rings (SSSR count). The van der Waals surface area contributed by atoms with E-state index >= 15 is 0 Å². The molecule has 0 aliphatic heterocycles. The molecule has 0 radical (unpaired) electrons. The molecule has 0 saturated carbocycles. The van der Waals surface area contributed by atoms with Crippen LogP contribution in [0.4, 0.5) is 0 Å². The molecule has 0 saturated heterocycles. The third-order valence-electron chi connectivity index (χ3n) is 3.20. The summed E-state index contributed by atoms with van der Waals surface area (Å²) in [6.45, 7) is 3.14. The van der Waals surface area contributed by atoms with E-state index < -0.39 is 0 Å². The van der Waals surface area contributed by atoms with E-state index in [1.165, 1.54) is 0 Å². The number of carbonyl (C=O) groups is 1. The summed E-state index contributed by atoms with van der Waals surface area (Å²) < 4.78 is 6.74. The summed E-state index contributed by atoms with van der Waals surface area (Å²) in [5.41, 5.74) is 1.88. The second-order valence-electron chi connectivity index (χ2n) is 5.00. The Bertz CT molecular complexity index is 658. The first kappa shape index (κ1) is 17.5. The van der Waals surface area contributed by atoms with Gasteiger partial charge in [0.05, 0.1) is 23.9 Å². The molecule has 0 spiro atoms. The lowest BCUT2D eigenvalue weighted by molar-refractivity contribution is 0.0865. The van der Waals surface area contributed by atoms with Gasteiger partial charge in [-0.25, -0.2) is 4.68 Å². The van der Waals surface area contributed by atoms with Gasteiger partial charge in [0.1, 0.15) is 0 Å². The molecule has 6 nitrogen and oxygen atoms in total. The van der Waals surface area contributed by atoms with Gasteiger partial charge >= 0.3 is 0 Å². The lowest BCUT2D eigenvalue weighted by atomic mass is 10.2. The van der Waals surface area contributed by atoms with Crippen molar-refractivity contribution >= 4 is 17.5 Å². The van der Waals surface area contributed by atoms with E-state index in [4.69, 9.17) is 21.4 Å². The molecular formula is C16H20ClN3O3. The van der Waals surface area contributed by atoms with Gasteiger partial charge in [-0.1, -0.05) is 23.7 Å². The van der Waals surface area contributed by atoms with Crippen molar-refractivity contribution in [3.05, 3.63) is 46.7 Å². The molecule has 23 heavy (non-hydrogen) atoms. The SMILES string of the molecule is Cc1cn(-c2ccccc2Cl)nc1C(=O)NCCCOCCO. The molecule has 124 valence electrons. The maximum atomic E-state index is 12.2. The van der Waals surface area contributed by atoms with Crippen molar-refractivity contribution in [2.75, 3.05) is 26.4 Å². The summed E-state index contributed by atoms with van der Waals surface area (Å²) >= 11 is 6.15. The maximum absolute atomic E-state index is 12.2. The number of aliphatic hydroxyl groups is 1. The Hall–Kier alpha value is -1.89. The van der Waals surface area contributed by atoms with E-state index in [0.29, 0.717) is 36.9 Å². The normalized spacial score (nSPS) is 10.7. The molecule has 1 amide bonds. The number of carbonyl (C=O) groups excluding carboxylic acids is 1. The second kappa shape index (κ2) is 8.67. The fourth-order valence-electron chi connectivity index (χ4n) is 2.07. The highest BCUT2D eigenvalue weighted by Crippen LogP contribution is 2.20. The van der Waals surface area contributed by atoms with Crippen LogP contribution in [-0.2, 0) is 4.74 Å². The van der Waals surface area contributed by atoms with Crippen LogP contribution in [0.15, 0.2) is 30.5 Å². The van der Waals surface area contributed by atoms with E-state index in [9.17, 15) is 4.79 Å². The number of halogens is 1. The number of aryl methyl sites for hydroxylation is 1. The van der Waals surface area contributed by atoms with Gasteiger partial charge in [0, 0.05) is 24.9 Å². The number of rotatable bonds is 8. The fourth-order valence-corrected chi connectivity index (χ4v) is 2.29. The van der Waals surface area contributed by atoms with Crippen molar-refractivity contribution in [3.63, 3.8) is 0 Å². The molecule has 2 aromatic rings. The summed E-state index contributed by atoms with van der Waals surface area (Å²) in [6, 6.07) is 7.33. The van der Waals surface area contributed by atoms with Gasteiger partial charge in [0.25, 0.3) is 5.91 Å². The summed E-state index contributed by atoms with van der Waals surface area (Å²) in [7, 11) is 0. The van der Waals surface area contributed by atoms with Crippen molar-refractivity contribution in [2.45, 2.75) is 13.3 Å². The largest absolute Gasteiger partial charge is 0.394 e. The number of hydrogen-bond donors (Lipinski definition) is 2. The fraction of sp³-hybridized carbons (Fsp3) is 0.375. The highest BCUT2D eigenvalue weighted by atomic mass is 35.5. The molecule has 7 heteroatoms. The minimum absolute atomic E-state index is 0.00499. The van der Waals surface area contributed by atoms with E-state index in [2.05, 4.69) is 10.4 Å². The van der Waals surface area contributed by atoms with Crippen molar-refractivity contribution in [2.24, 2.45) is 0 Å². The van der Waals surface area contributed by atoms with E-state index in [1.54, 1.807) is 16.9 Å². The zero-order valence-electron chi connectivity index (χ0n) is 13.0. The average molecular weight is 338 g/mol. The third kappa shape index (κ3) is 4.79. The van der Waals surface area contributed by atoms with E-state index in [0.717, 1.165) is 11.3 Å². The molecule has 1 heterocycles. The minimum Gasteiger partial charge on any atom is -0.394 e. The summed E-state index contributed by atoms with van der Waals surface area (Å²) in [5.74, 6) is -0.226. The van der Waals surface area contributed by atoms with Gasteiger partial charge in [-0.15, -0.1) is 0 Å². The van der Waals surface area contributed by atoms with Gasteiger partial charge in [-0.2, -0.15) is 5.10 Å². The standard InChI is InChI=1S/C16H20ClN3O3/c1-12-11-20(14-6-3-2-5-13(14)17)19-15(12)16(22)18-7-4-9-23-10-8-21/h2-3,5-6,11,21H,4,7-10H2,1H3,(H,18,22). The first-order chi connectivity index (χ1) is 11.1. The molecule has 2 N–H and O–H groups in total. The number of ether oxygens (including phenoxy) is 1. The molecule has 0 atom stereocenters. The Labute approximate surface area is 140 Å². The van der Waals surface area contributed by atoms with Gasteiger partial charge in [-0.05, 0) is 25.5 Å². The molecule has 0 aliphatic carbocycles. The highest BCUT2D eigenvalue weighted by molar-refractivity contribution is 6.32. The minimum atomic E-state index is -0.226. The quantitative estimate of drug-likeness (QED) is 0.722. The van der Waals surface area contributed by atoms with Crippen LogP contribution in [0.25, 0.3) is 5.69 Å². The Morgan fingerprint density at radius 1 is 1.39 bits per heavy atom. The number of aromatic nitrogens is 2. The summed E-state index contributed by atoms with van der Waals surface area (Å²) in [4.78, 5) is 12.2. The number of hydrogen-bond acceptors (Lipinski definition) is 4. The monoisotopic (exact) mass is 337 g/mol. The Morgan fingerprint density at radius 2 is 2.17 bits per heavy atom. The van der Waals surface area contributed by atoms with Crippen LogP contribution in [0.2, 0.25) is 5.02 Å². The number of nitrogens with zero attached hydrogens (tertiary/aromatic N) is 2. The van der Waals surface area contributed by atoms with Gasteiger partial charge in [0.15, 0.2) is 5.69 Å². The second-order valence-corrected chi connectivity index (χ2v) is 5.41. The number of nitrogens with one attached hydrogen (secondary N) is 1. The van der Waals surface area contributed by atoms with E-state index in [-0.39, 0.29) is 12.5 Å². The summed E-state index contributed by atoms with van der Waals surface area (Å²) in [5, 5.41) is 16.3. The molecule has 0 fully saturated rings. The Morgan fingerprint density at radius 3 is 2.91 bits per heavy atom. The highest BCUT2D eigenvalue weighted by Gasteiger charge is 2.15. The lowest BCUT2D eigenvalue weighted by Gasteiger charge is -2.05. The first-order valence-electron chi connectivity index (χ1n) is 7.41. The molecular weight excluding hydrogens is 318 g/mol. The van der Waals surface area contributed by atoms with Crippen LogP contribution < -0.4 is 5.32 Å². The number of benzene rings is 1. The molecule has 1 aromatic carbocycles. The van der Waals surface area contributed by atoms with Crippen molar-refractivity contribution in [3.8, 4) is 5.69 Å². The Kier molecular flexibility index (Phi) is 6.58. The molecule has 1 aromatic heterocycles. The van der Waals surface area contributed by atoms with E-state index in [1.807, 2.05) is 25.1 Å². The van der Waals surface area contributed by atoms with Crippen molar-refractivity contribution in [1.82, 2.24) is 15.1 Å². The van der Waals surface area contributed by atoms with Crippen molar-refractivity contribution < 1.29 is 14.6 Å². The Balaban J connectivity index is 1.95. The topological polar surface area (TPSA) is 76.4 Å². The van der Waals surface area contributed by atoms with Crippen LogP contribution in [-0.4, -0.2) is 47.2 Å². The third-order valence-corrected chi connectivity index (χ3v) is 3.52. The van der Waals surface area contributed by atoms with Gasteiger partial charge in [0.2, 0.25) is 0 Å². The average Bonchev–Trinajstić information content (AvgIpc) is 2.92.